The van der Waals surface area contributed by atoms with Gasteiger partial charge in [0.15, 0.2) is 5.92 Å². The van der Waals surface area contributed by atoms with Gasteiger partial charge in [-0.1, -0.05) is 48.5 Å². The van der Waals surface area contributed by atoms with Crippen molar-refractivity contribution in [2.24, 2.45) is 5.92 Å². The first-order valence-corrected chi connectivity index (χ1v) is 8.85. The van der Waals surface area contributed by atoms with Gasteiger partial charge in [-0.3, -0.25) is 4.79 Å². The minimum Gasteiger partial charge on any atom is -0.449 e. The third-order valence-electron chi connectivity index (χ3n) is 4.90. The summed E-state index contributed by atoms with van der Waals surface area (Å²) in [7, 11) is 0. The van der Waals surface area contributed by atoms with Gasteiger partial charge in [0.1, 0.15) is 12.6 Å². The van der Waals surface area contributed by atoms with Crippen molar-refractivity contribution in [1.29, 1.82) is 0 Å². The molecule has 31 heavy (non-hydrogen) atoms. The Labute approximate surface area is 171 Å². The van der Waals surface area contributed by atoms with E-state index in [4.69, 9.17) is 4.74 Å². The smallest absolute Gasteiger partial charge is 0.407 e. The zero-order valence-corrected chi connectivity index (χ0v) is 15.4. The average Bonchev–Trinajstić information content (AvgIpc) is 2.97. The minimum absolute atomic E-state index is 0.449. The van der Waals surface area contributed by atoms with Crippen molar-refractivity contribution in [1.82, 2.24) is 5.32 Å². The van der Waals surface area contributed by atoms with Crippen molar-refractivity contribution in [3.05, 3.63) is 59.7 Å². The number of alkyl carbamates (subject to hydrolysis) is 1. The zero-order chi connectivity index (χ0) is 23.0. The van der Waals surface area contributed by atoms with Crippen molar-refractivity contribution < 1.29 is 45.1 Å². The number of ether oxygens (including phenoxy) is 1. The Bertz CT molecular complexity index is 928. The topological polar surface area (TPSA) is 55.4 Å². The van der Waals surface area contributed by atoms with Gasteiger partial charge in [0.05, 0.1) is 0 Å². The van der Waals surface area contributed by atoms with E-state index in [1.54, 1.807) is 36.4 Å². The second-order valence-electron chi connectivity index (χ2n) is 6.81. The fourth-order valence-corrected chi connectivity index (χ4v) is 3.60. The highest BCUT2D eigenvalue weighted by molar-refractivity contribution is 5.82. The van der Waals surface area contributed by atoms with E-state index in [-0.39, 0.29) is 0 Å². The molecule has 0 saturated carbocycles. The monoisotopic (exact) mass is 449 g/mol. The van der Waals surface area contributed by atoms with Crippen molar-refractivity contribution in [3.63, 3.8) is 0 Å². The molecule has 11 heteroatoms. The van der Waals surface area contributed by atoms with Gasteiger partial charge in [-0.25, -0.2) is 4.79 Å². The summed E-state index contributed by atoms with van der Waals surface area (Å²) in [6.45, 7) is -0.449. The van der Waals surface area contributed by atoms with Crippen LogP contribution in [0.2, 0.25) is 0 Å². The van der Waals surface area contributed by atoms with Gasteiger partial charge >= 0.3 is 24.5 Å². The normalized spacial score (nSPS) is 14.7. The summed E-state index contributed by atoms with van der Waals surface area (Å²) < 4.78 is 94.7. The van der Waals surface area contributed by atoms with Crippen LogP contribution in [0.15, 0.2) is 48.5 Å². The van der Waals surface area contributed by atoms with Gasteiger partial charge in [-0.2, -0.15) is 30.7 Å². The molecule has 3 rings (SSSR count). The van der Waals surface area contributed by atoms with E-state index in [9.17, 15) is 40.3 Å². The molecule has 166 valence electrons. The first-order valence-electron chi connectivity index (χ1n) is 8.85. The molecule has 0 saturated heterocycles. The molecule has 0 heterocycles. The van der Waals surface area contributed by atoms with Crippen LogP contribution in [0.25, 0.3) is 11.1 Å². The molecular weight excluding hydrogens is 435 g/mol. The minimum atomic E-state index is -6.03. The number of hydrogen-bond donors (Lipinski definition) is 1. The van der Waals surface area contributed by atoms with Crippen LogP contribution in [0, 0.1) is 5.92 Å². The molecule has 2 aromatic carbocycles. The van der Waals surface area contributed by atoms with E-state index < -0.39 is 49.0 Å². The van der Waals surface area contributed by atoms with Crippen LogP contribution in [-0.4, -0.2) is 37.1 Å². The summed E-state index contributed by atoms with van der Waals surface area (Å²) in [5.74, 6) is -4.96. The molecule has 0 aliphatic heterocycles. The van der Waals surface area contributed by atoms with Gasteiger partial charge in [0, 0.05) is 5.92 Å². The molecule has 1 aliphatic carbocycles. The zero-order valence-electron chi connectivity index (χ0n) is 15.4. The van der Waals surface area contributed by atoms with Crippen molar-refractivity contribution >= 4 is 12.1 Å². The Morgan fingerprint density at radius 1 is 0.871 bits per heavy atom. The van der Waals surface area contributed by atoms with E-state index in [2.05, 4.69) is 0 Å². The molecule has 1 unspecified atom stereocenters. The molecular formula is C20H14F7NO3. The number of rotatable bonds is 5. The Balaban J connectivity index is 1.77. The second-order valence-corrected chi connectivity index (χ2v) is 6.81. The van der Waals surface area contributed by atoms with E-state index in [1.807, 2.05) is 12.1 Å². The predicted molar refractivity (Wildman–Crippen MR) is 93.7 cm³/mol. The van der Waals surface area contributed by atoms with E-state index in [1.165, 1.54) is 0 Å². The number of alkyl halides is 6. The summed E-state index contributed by atoms with van der Waals surface area (Å²) in [6.07, 6.45) is -13.8. The molecule has 1 N–H and O–H groups in total. The lowest BCUT2D eigenvalue weighted by Crippen LogP contribution is -2.55. The Morgan fingerprint density at radius 2 is 1.32 bits per heavy atom. The molecule has 2 aromatic rings. The summed E-state index contributed by atoms with van der Waals surface area (Å²) in [4.78, 5) is 22.8. The highest BCUT2D eigenvalue weighted by Gasteiger charge is 2.63. The summed E-state index contributed by atoms with van der Waals surface area (Å²) in [6, 6.07) is 7.56. The standard InChI is InChI=1S/C20H14F7NO3/c21-17(29)15(16(19(22,23)24)20(25,26)27)28-18(30)31-9-14-12-7-3-1-5-10(12)11-6-2-4-8-13(11)14/h1-8,14-16H,9H2,(H,28,30). The van der Waals surface area contributed by atoms with Crippen LogP contribution < -0.4 is 5.32 Å². The number of carbonyl (C=O) groups excluding carboxylic acids is 2. The van der Waals surface area contributed by atoms with Crippen LogP contribution in [0.5, 0.6) is 0 Å². The fourth-order valence-electron chi connectivity index (χ4n) is 3.60. The number of fused-ring (bicyclic) bond motifs is 3. The third kappa shape index (κ3) is 4.64. The van der Waals surface area contributed by atoms with Crippen LogP contribution in [-0.2, 0) is 9.53 Å². The molecule has 0 radical (unpaired) electrons. The summed E-state index contributed by atoms with van der Waals surface area (Å²) in [5.41, 5.74) is 3.13. The second kappa shape index (κ2) is 8.20. The number of halogens is 7. The first kappa shape index (κ1) is 22.6. The van der Waals surface area contributed by atoms with Crippen LogP contribution in [0.3, 0.4) is 0 Å². The van der Waals surface area contributed by atoms with Gasteiger partial charge < -0.3 is 10.1 Å². The number of amides is 1. The molecule has 4 nitrogen and oxygen atoms in total. The maximum absolute atomic E-state index is 13.1. The largest absolute Gasteiger partial charge is 0.449 e. The van der Waals surface area contributed by atoms with Crippen molar-refractivity contribution in [2.75, 3.05) is 6.61 Å². The lowest BCUT2D eigenvalue weighted by atomic mass is 9.98. The SMILES string of the molecule is O=C(NC(C(=O)F)C(C(F)(F)F)C(F)(F)F)OCC1c2ccccc2-c2ccccc21. The molecule has 0 spiro atoms. The van der Waals surface area contributed by atoms with Gasteiger partial charge in [0.25, 0.3) is 0 Å². The van der Waals surface area contributed by atoms with Crippen molar-refractivity contribution in [3.8, 4) is 11.1 Å². The van der Waals surface area contributed by atoms with Gasteiger partial charge in [-0.15, -0.1) is 0 Å². The predicted octanol–water partition coefficient (Wildman–Crippen LogP) is 5.13. The lowest BCUT2D eigenvalue weighted by Gasteiger charge is -2.28. The van der Waals surface area contributed by atoms with Crippen LogP contribution in [0.4, 0.5) is 35.5 Å². The maximum Gasteiger partial charge on any atom is 0.407 e. The Hall–Kier alpha value is -3.11. The lowest BCUT2D eigenvalue weighted by molar-refractivity contribution is -0.290. The summed E-state index contributed by atoms with van der Waals surface area (Å²) >= 11 is 0. The quantitative estimate of drug-likeness (QED) is 0.509. The maximum atomic E-state index is 13.1. The number of nitrogens with one attached hydrogen (secondary N) is 1. The van der Waals surface area contributed by atoms with Crippen LogP contribution >= 0.6 is 0 Å². The Morgan fingerprint density at radius 3 is 1.74 bits per heavy atom. The Kier molecular flexibility index (Phi) is 5.97. The first-order chi connectivity index (χ1) is 14.4. The molecule has 1 atom stereocenters. The highest BCUT2D eigenvalue weighted by Crippen LogP contribution is 2.45. The van der Waals surface area contributed by atoms with Crippen molar-refractivity contribution in [2.45, 2.75) is 24.3 Å². The fraction of sp³-hybridized carbons (Fsp3) is 0.300. The average molecular weight is 449 g/mol. The summed E-state index contributed by atoms with van der Waals surface area (Å²) in [5, 5.41) is 1.08. The number of hydrogen-bond acceptors (Lipinski definition) is 3. The van der Waals surface area contributed by atoms with E-state index >= 15 is 0 Å². The number of benzene rings is 2. The molecule has 1 aliphatic rings. The number of carbonyl (C=O) groups is 2. The highest BCUT2D eigenvalue weighted by atomic mass is 19.4. The van der Waals surface area contributed by atoms with E-state index in [0.29, 0.717) is 0 Å². The van der Waals surface area contributed by atoms with Crippen LogP contribution in [0.1, 0.15) is 17.0 Å². The molecule has 0 aromatic heterocycles. The molecule has 1 amide bonds. The molecule has 0 fully saturated rings. The molecule has 0 bridgehead atoms. The van der Waals surface area contributed by atoms with E-state index in [0.717, 1.165) is 27.6 Å². The van der Waals surface area contributed by atoms with Gasteiger partial charge in [-0.05, 0) is 22.3 Å². The third-order valence-corrected chi connectivity index (χ3v) is 4.90. The van der Waals surface area contributed by atoms with Gasteiger partial charge in [0.2, 0.25) is 0 Å².